The highest BCUT2D eigenvalue weighted by atomic mass is 19.4. The van der Waals surface area contributed by atoms with Gasteiger partial charge in [-0.3, -0.25) is 20.3 Å². The summed E-state index contributed by atoms with van der Waals surface area (Å²) in [6.07, 6.45) is -6.61. The van der Waals surface area contributed by atoms with Gasteiger partial charge in [0, 0.05) is 16.8 Å². The molecule has 0 spiro atoms. The predicted molar refractivity (Wildman–Crippen MR) is 94.4 cm³/mol. The van der Waals surface area contributed by atoms with Gasteiger partial charge >= 0.3 is 18.0 Å². The van der Waals surface area contributed by atoms with Crippen LogP contribution in [0, 0.1) is 6.92 Å². The number of hydrogen-bond donors (Lipinski definition) is 4. The van der Waals surface area contributed by atoms with Gasteiger partial charge in [0.2, 0.25) is 5.91 Å². The van der Waals surface area contributed by atoms with Crippen molar-refractivity contribution in [2.75, 3.05) is 10.8 Å². The van der Waals surface area contributed by atoms with Crippen LogP contribution in [0.4, 0.5) is 42.1 Å². The van der Waals surface area contributed by atoms with E-state index < -0.39 is 41.0 Å². The molecule has 6 nitrogen and oxygen atoms in total. The van der Waals surface area contributed by atoms with Gasteiger partial charge in [-0.15, -0.1) is 0 Å². The van der Waals surface area contributed by atoms with Crippen molar-refractivity contribution in [2.45, 2.75) is 24.9 Å². The average Bonchev–Trinajstić information content (AvgIpc) is 2.67. The minimum atomic E-state index is -6.61. The summed E-state index contributed by atoms with van der Waals surface area (Å²) in [5, 5.41) is 11.1. The first-order valence-corrected chi connectivity index (χ1v) is 8.22. The lowest BCUT2D eigenvalue weighted by molar-refractivity contribution is -0.359. The quantitative estimate of drug-likeness (QED) is 0.384. The number of alkyl halides is 7. The minimum Gasteiger partial charge on any atom is -0.366 e. The van der Waals surface area contributed by atoms with E-state index in [4.69, 9.17) is 10.9 Å². The van der Waals surface area contributed by atoms with E-state index in [2.05, 4.69) is 5.32 Å². The van der Waals surface area contributed by atoms with Gasteiger partial charge in [0.25, 0.3) is 5.91 Å². The van der Waals surface area contributed by atoms with E-state index in [1.807, 2.05) is 0 Å². The molecule has 0 aliphatic carbocycles. The van der Waals surface area contributed by atoms with Crippen molar-refractivity contribution in [1.29, 1.82) is 0 Å². The highest BCUT2D eigenvalue weighted by Gasteiger charge is 2.74. The molecule has 0 aromatic heterocycles. The molecule has 0 atom stereocenters. The second kappa shape index (κ2) is 8.06. The molecular formula is C18H14F7N3O3. The number of benzene rings is 2. The molecule has 0 unspecified atom stereocenters. The Morgan fingerprint density at radius 1 is 0.903 bits per heavy atom. The molecule has 2 rings (SSSR count). The summed E-state index contributed by atoms with van der Waals surface area (Å²) in [6.45, 7) is 1.52. The Bertz CT molecular complexity index is 1020. The molecule has 5 N–H and O–H groups in total. The molecular weight excluding hydrogens is 439 g/mol. The summed E-state index contributed by atoms with van der Waals surface area (Å²) >= 11 is 0. The molecule has 0 aliphatic heterocycles. The third-order valence-electron chi connectivity index (χ3n) is 4.24. The van der Waals surface area contributed by atoms with Crippen LogP contribution in [0.3, 0.4) is 0 Å². The van der Waals surface area contributed by atoms with E-state index >= 15 is 0 Å². The van der Waals surface area contributed by atoms with Crippen LogP contribution in [0.1, 0.15) is 31.8 Å². The third kappa shape index (κ3) is 4.40. The molecule has 0 aliphatic rings. The SMILES string of the molecule is Cc1ccc(NO)cc1C(=O)Nc1ccc(C(F)(F)C(F)(F)C(F)(F)F)c(C(N)=O)c1. The van der Waals surface area contributed by atoms with E-state index in [-0.39, 0.29) is 23.0 Å². The molecule has 0 heterocycles. The molecule has 2 amide bonds. The van der Waals surface area contributed by atoms with E-state index in [0.717, 1.165) is 0 Å². The lowest BCUT2D eigenvalue weighted by atomic mass is 9.95. The first kappa shape index (κ1) is 23.9. The maximum absolute atomic E-state index is 14.1. The second-order valence-corrected chi connectivity index (χ2v) is 6.37. The zero-order valence-corrected chi connectivity index (χ0v) is 15.5. The third-order valence-corrected chi connectivity index (χ3v) is 4.24. The van der Waals surface area contributed by atoms with Crippen molar-refractivity contribution in [3.8, 4) is 0 Å². The zero-order chi connectivity index (χ0) is 23.8. The highest BCUT2D eigenvalue weighted by molar-refractivity contribution is 6.06. The van der Waals surface area contributed by atoms with E-state index in [0.29, 0.717) is 17.7 Å². The Morgan fingerprint density at radius 2 is 1.45 bits per heavy atom. The molecule has 0 radical (unpaired) electrons. The summed E-state index contributed by atoms with van der Waals surface area (Å²) in [5.41, 5.74) is 3.55. The number of halogens is 7. The average molecular weight is 453 g/mol. The van der Waals surface area contributed by atoms with Crippen LogP contribution >= 0.6 is 0 Å². The van der Waals surface area contributed by atoms with E-state index in [9.17, 15) is 40.3 Å². The maximum Gasteiger partial charge on any atom is 0.460 e. The number of nitrogens with one attached hydrogen (secondary N) is 2. The Labute approximate surface area is 169 Å². The number of hydrogen-bond acceptors (Lipinski definition) is 4. The number of primary amides is 1. The molecule has 2 aromatic rings. The predicted octanol–water partition coefficient (Wildman–Crippen LogP) is 4.44. The topological polar surface area (TPSA) is 104 Å². The summed E-state index contributed by atoms with van der Waals surface area (Å²) < 4.78 is 92.2. The Morgan fingerprint density at radius 3 is 1.97 bits per heavy atom. The molecule has 31 heavy (non-hydrogen) atoms. The number of aryl methyl sites for hydroxylation is 1. The van der Waals surface area contributed by atoms with Crippen molar-refractivity contribution in [3.05, 3.63) is 58.7 Å². The largest absolute Gasteiger partial charge is 0.460 e. The van der Waals surface area contributed by atoms with Gasteiger partial charge in [-0.05, 0) is 42.8 Å². The van der Waals surface area contributed by atoms with Crippen LogP contribution in [-0.4, -0.2) is 29.1 Å². The number of amides is 2. The Hall–Kier alpha value is -3.35. The van der Waals surface area contributed by atoms with E-state index in [1.165, 1.54) is 25.1 Å². The van der Waals surface area contributed by atoms with Gasteiger partial charge in [0.15, 0.2) is 0 Å². The number of rotatable bonds is 6. The van der Waals surface area contributed by atoms with Crippen LogP contribution in [-0.2, 0) is 5.92 Å². The van der Waals surface area contributed by atoms with E-state index in [1.54, 1.807) is 5.48 Å². The molecule has 168 valence electrons. The van der Waals surface area contributed by atoms with Crippen molar-refractivity contribution in [2.24, 2.45) is 5.73 Å². The van der Waals surface area contributed by atoms with Crippen molar-refractivity contribution < 1.29 is 45.5 Å². The second-order valence-electron chi connectivity index (χ2n) is 6.37. The zero-order valence-electron chi connectivity index (χ0n) is 15.5. The first-order chi connectivity index (χ1) is 14.1. The van der Waals surface area contributed by atoms with Crippen LogP contribution in [0.5, 0.6) is 0 Å². The molecule has 0 saturated heterocycles. The number of anilines is 2. The van der Waals surface area contributed by atoms with Gasteiger partial charge in [-0.1, -0.05) is 6.07 Å². The van der Waals surface area contributed by atoms with Gasteiger partial charge in [-0.2, -0.15) is 30.7 Å². The Balaban J connectivity index is 2.48. The minimum absolute atomic E-state index is 0.00214. The number of nitrogens with two attached hydrogens (primary N) is 1. The fourth-order valence-corrected chi connectivity index (χ4v) is 2.58. The van der Waals surface area contributed by atoms with Crippen molar-refractivity contribution in [1.82, 2.24) is 0 Å². The van der Waals surface area contributed by atoms with Crippen LogP contribution < -0.4 is 16.5 Å². The smallest absolute Gasteiger partial charge is 0.366 e. The fourth-order valence-electron chi connectivity index (χ4n) is 2.58. The highest BCUT2D eigenvalue weighted by Crippen LogP contribution is 2.52. The van der Waals surface area contributed by atoms with Crippen LogP contribution in [0.15, 0.2) is 36.4 Å². The molecule has 0 bridgehead atoms. The first-order valence-electron chi connectivity index (χ1n) is 8.22. The normalized spacial score (nSPS) is 12.4. The van der Waals surface area contributed by atoms with Crippen LogP contribution in [0.25, 0.3) is 0 Å². The van der Waals surface area contributed by atoms with Crippen molar-refractivity contribution >= 4 is 23.2 Å². The molecule has 13 heteroatoms. The van der Waals surface area contributed by atoms with Gasteiger partial charge in [0.05, 0.1) is 11.3 Å². The number of carbonyl (C=O) groups excluding carboxylic acids is 2. The maximum atomic E-state index is 14.1. The van der Waals surface area contributed by atoms with Crippen LogP contribution in [0.2, 0.25) is 0 Å². The number of carbonyl (C=O) groups is 2. The molecule has 0 fully saturated rings. The summed E-state index contributed by atoms with van der Waals surface area (Å²) in [5.74, 6) is -14.9. The summed E-state index contributed by atoms with van der Waals surface area (Å²) in [4.78, 5) is 23.9. The summed E-state index contributed by atoms with van der Waals surface area (Å²) in [6, 6.07) is 5.31. The van der Waals surface area contributed by atoms with Gasteiger partial charge in [-0.25, -0.2) is 0 Å². The van der Waals surface area contributed by atoms with Gasteiger partial charge in [0.1, 0.15) is 0 Å². The molecule has 0 saturated carbocycles. The summed E-state index contributed by atoms with van der Waals surface area (Å²) in [7, 11) is 0. The molecule has 2 aromatic carbocycles. The lowest BCUT2D eigenvalue weighted by Crippen LogP contribution is -2.50. The Kier molecular flexibility index (Phi) is 6.22. The monoisotopic (exact) mass is 453 g/mol. The fraction of sp³-hybridized carbons (Fsp3) is 0.222. The standard InChI is InChI=1S/C18H14F7N3O3/c1-8-2-3-10(28-31)7-11(8)15(30)27-9-4-5-13(12(6-9)14(26)29)16(19,20)17(21,22)18(23,24)25/h2-7,28,31H,1H3,(H2,26,29)(H,27,30). The van der Waals surface area contributed by atoms with Crippen molar-refractivity contribution in [3.63, 3.8) is 0 Å². The van der Waals surface area contributed by atoms with Gasteiger partial charge < -0.3 is 11.1 Å². The lowest BCUT2D eigenvalue weighted by Gasteiger charge is -2.29.